The van der Waals surface area contributed by atoms with E-state index in [0.717, 1.165) is 16.2 Å². The van der Waals surface area contributed by atoms with Gasteiger partial charge in [-0.1, -0.05) is 24.3 Å². The number of imide groups is 1. The summed E-state index contributed by atoms with van der Waals surface area (Å²) >= 11 is 0. The van der Waals surface area contributed by atoms with Crippen molar-refractivity contribution in [2.45, 2.75) is 12.8 Å². The highest BCUT2D eigenvalue weighted by molar-refractivity contribution is 6.21. The smallest absolute Gasteiger partial charge is 0.261 e. The first-order valence-corrected chi connectivity index (χ1v) is 10.6. The van der Waals surface area contributed by atoms with Crippen molar-refractivity contribution in [2.24, 2.45) is 0 Å². The van der Waals surface area contributed by atoms with Gasteiger partial charge in [-0.05, 0) is 29.8 Å². The van der Waals surface area contributed by atoms with Gasteiger partial charge in [0.25, 0.3) is 11.8 Å². The molecular weight excluding hydrogens is 410 g/mol. The third kappa shape index (κ3) is 4.34. The number of nitrogens with zero attached hydrogens (tertiary/aromatic N) is 3. The molecule has 0 atom stereocenters. The molecule has 0 unspecified atom stereocenters. The van der Waals surface area contributed by atoms with Gasteiger partial charge in [0.05, 0.1) is 24.7 Å². The van der Waals surface area contributed by atoms with Crippen molar-refractivity contribution in [3.8, 4) is 5.75 Å². The van der Waals surface area contributed by atoms with Crippen molar-refractivity contribution in [2.75, 3.05) is 39.8 Å². The number of rotatable bonds is 6. The van der Waals surface area contributed by atoms with E-state index in [2.05, 4.69) is 0 Å². The fraction of sp³-hybridized carbons (Fsp3) is 0.333. The Morgan fingerprint density at radius 1 is 0.812 bits per heavy atom. The number of hydrogen-bond donors (Lipinski definition) is 0. The van der Waals surface area contributed by atoms with E-state index in [0.29, 0.717) is 43.7 Å². The van der Waals surface area contributed by atoms with Crippen molar-refractivity contribution in [3.63, 3.8) is 0 Å². The molecule has 0 radical (unpaired) electrons. The normalized spacial score (nSPS) is 15.7. The molecule has 0 bridgehead atoms. The molecule has 2 heterocycles. The van der Waals surface area contributed by atoms with Crippen LogP contribution < -0.4 is 4.74 Å². The molecule has 1 saturated heterocycles. The Balaban J connectivity index is 1.24. The van der Waals surface area contributed by atoms with Crippen LogP contribution in [0.4, 0.5) is 0 Å². The molecule has 0 aliphatic carbocycles. The number of piperazine rings is 1. The van der Waals surface area contributed by atoms with Gasteiger partial charge in [0.1, 0.15) is 5.75 Å². The fourth-order valence-electron chi connectivity index (χ4n) is 4.04. The van der Waals surface area contributed by atoms with Crippen LogP contribution in [0.3, 0.4) is 0 Å². The van der Waals surface area contributed by atoms with Gasteiger partial charge in [-0.25, -0.2) is 0 Å². The van der Waals surface area contributed by atoms with Crippen LogP contribution in [0.5, 0.6) is 5.75 Å². The molecular formula is C24H25N3O5. The minimum atomic E-state index is -0.354. The standard InChI is InChI=1S/C24H25N3O5/c1-32-18-8-6-17(7-9-18)16-22(29)26-14-12-25(13-15-26)21(28)10-11-27-23(30)19-4-2-3-5-20(19)24(27)31/h2-9H,10-16H2,1H3. The van der Waals surface area contributed by atoms with E-state index in [4.69, 9.17) is 4.74 Å². The maximum atomic E-state index is 12.6. The number of methoxy groups -OCH3 is 1. The Labute approximate surface area is 186 Å². The second-order valence-electron chi connectivity index (χ2n) is 7.84. The molecule has 2 aliphatic heterocycles. The van der Waals surface area contributed by atoms with Gasteiger partial charge in [0, 0.05) is 39.1 Å². The summed E-state index contributed by atoms with van der Waals surface area (Å²) in [5.41, 5.74) is 1.68. The molecule has 0 saturated carbocycles. The highest BCUT2D eigenvalue weighted by atomic mass is 16.5. The second kappa shape index (κ2) is 9.21. The molecule has 2 aromatic carbocycles. The zero-order valence-corrected chi connectivity index (χ0v) is 18.0. The first-order valence-electron chi connectivity index (χ1n) is 10.6. The summed E-state index contributed by atoms with van der Waals surface area (Å²) in [5, 5.41) is 0. The predicted octanol–water partition coefficient (Wildman–Crippen LogP) is 1.59. The summed E-state index contributed by atoms with van der Waals surface area (Å²) in [4.78, 5) is 54.7. The van der Waals surface area contributed by atoms with Gasteiger partial charge in [-0.15, -0.1) is 0 Å². The largest absolute Gasteiger partial charge is 0.497 e. The quantitative estimate of drug-likeness (QED) is 0.644. The highest BCUT2D eigenvalue weighted by Gasteiger charge is 2.35. The molecule has 0 N–H and O–H groups in total. The molecule has 4 amide bonds. The van der Waals surface area contributed by atoms with Crippen molar-refractivity contribution in [3.05, 3.63) is 65.2 Å². The van der Waals surface area contributed by atoms with Gasteiger partial charge >= 0.3 is 0 Å². The minimum Gasteiger partial charge on any atom is -0.497 e. The molecule has 8 heteroatoms. The lowest BCUT2D eigenvalue weighted by atomic mass is 10.1. The topological polar surface area (TPSA) is 87.2 Å². The van der Waals surface area contributed by atoms with E-state index >= 15 is 0 Å². The Hall–Kier alpha value is -3.68. The van der Waals surface area contributed by atoms with Gasteiger partial charge in [-0.3, -0.25) is 24.1 Å². The van der Waals surface area contributed by atoms with Crippen LogP contribution in [0.25, 0.3) is 0 Å². The molecule has 4 rings (SSSR count). The van der Waals surface area contributed by atoms with E-state index in [1.165, 1.54) is 0 Å². The zero-order chi connectivity index (χ0) is 22.7. The Morgan fingerprint density at radius 2 is 1.34 bits per heavy atom. The van der Waals surface area contributed by atoms with E-state index in [1.807, 2.05) is 24.3 Å². The number of carbonyl (C=O) groups is 4. The van der Waals surface area contributed by atoms with Gasteiger partial charge in [0.15, 0.2) is 0 Å². The molecule has 0 spiro atoms. The van der Waals surface area contributed by atoms with E-state index in [1.54, 1.807) is 41.2 Å². The zero-order valence-electron chi connectivity index (χ0n) is 18.0. The minimum absolute atomic E-state index is 0.0216. The van der Waals surface area contributed by atoms with Crippen LogP contribution in [0.2, 0.25) is 0 Å². The summed E-state index contributed by atoms with van der Waals surface area (Å²) in [6, 6.07) is 14.1. The number of ether oxygens (including phenoxy) is 1. The summed E-state index contributed by atoms with van der Waals surface area (Å²) in [6.07, 6.45) is 0.378. The van der Waals surface area contributed by atoms with Crippen molar-refractivity contribution in [1.82, 2.24) is 14.7 Å². The number of fused-ring (bicyclic) bond motifs is 1. The second-order valence-corrected chi connectivity index (χ2v) is 7.84. The number of amides is 4. The molecule has 166 valence electrons. The van der Waals surface area contributed by atoms with Crippen molar-refractivity contribution in [1.29, 1.82) is 0 Å². The maximum Gasteiger partial charge on any atom is 0.261 e. The summed E-state index contributed by atoms with van der Waals surface area (Å²) in [6.45, 7) is 1.87. The van der Waals surface area contributed by atoms with Crippen molar-refractivity contribution < 1.29 is 23.9 Å². The maximum absolute atomic E-state index is 12.6. The summed E-state index contributed by atoms with van der Waals surface area (Å²) < 4.78 is 5.13. The van der Waals surface area contributed by atoms with Gasteiger partial charge < -0.3 is 14.5 Å². The number of carbonyl (C=O) groups excluding carboxylic acids is 4. The molecule has 8 nitrogen and oxygen atoms in total. The molecule has 0 aromatic heterocycles. The lowest BCUT2D eigenvalue weighted by Gasteiger charge is -2.35. The molecule has 2 aliphatic rings. The van der Waals surface area contributed by atoms with Gasteiger partial charge in [-0.2, -0.15) is 0 Å². The van der Waals surface area contributed by atoms with Crippen LogP contribution in [-0.2, 0) is 16.0 Å². The van der Waals surface area contributed by atoms with E-state index < -0.39 is 0 Å². The van der Waals surface area contributed by atoms with Crippen LogP contribution in [0.15, 0.2) is 48.5 Å². The highest BCUT2D eigenvalue weighted by Crippen LogP contribution is 2.22. The molecule has 32 heavy (non-hydrogen) atoms. The third-order valence-corrected chi connectivity index (χ3v) is 5.93. The monoisotopic (exact) mass is 435 g/mol. The average molecular weight is 435 g/mol. The molecule has 2 aromatic rings. The summed E-state index contributed by atoms with van der Waals surface area (Å²) in [7, 11) is 1.60. The first-order chi connectivity index (χ1) is 15.5. The average Bonchev–Trinajstić information content (AvgIpc) is 3.07. The first kappa shape index (κ1) is 21.5. The van der Waals surface area contributed by atoms with Crippen LogP contribution in [0.1, 0.15) is 32.7 Å². The summed E-state index contributed by atoms with van der Waals surface area (Å²) in [5.74, 6) is -0.0636. The number of hydrogen-bond acceptors (Lipinski definition) is 5. The third-order valence-electron chi connectivity index (χ3n) is 5.93. The van der Waals surface area contributed by atoms with Crippen molar-refractivity contribution >= 4 is 23.6 Å². The van der Waals surface area contributed by atoms with Crippen LogP contribution >= 0.6 is 0 Å². The van der Waals surface area contributed by atoms with E-state index in [9.17, 15) is 19.2 Å². The molecule has 1 fully saturated rings. The lowest BCUT2D eigenvalue weighted by Crippen LogP contribution is -2.51. The SMILES string of the molecule is COc1ccc(CC(=O)N2CCN(C(=O)CCN3C(=O)c4ccccc4C3=O)CC2)cc1. The fourth-order valence-corrected chi connectivity index (χ4v) is 4.04. The van der Waals surface area contributed by atoms with Crippen LogP contribution in [0, 0.1) is 0 Å². The van der Waals surface area contributed by atoms with E-state index in [-0.39, 0.29) is 36.6 Å². The predicted molar refractivity (Wildman–Crippen MR) is 116 cm³/mol. The lowest BCUT2D eigenvalue weighted by molar-refractivity contribution is -0.139. The van der Waals surface area contributed by atoms with Crippen LogP contribution in [-0.4, -0.2) is 78.2 Å². The Morgan fingerprint density at radius 3 is 1.88 bits per heavy atom. The van der Waals surface area contributed by atoms with Gasteiger partial charge in [0.2, 0.25) is 11.8 Å². The number of benzene rings is 2. The Bertz CT molecular complexity index is 1010. The Kier molecular flexibility index (Phi) is 6.20.